The van der Waals surface area contributed by atoms with Gasteiger partial charge in [-0.15, -0.1) is 0 Å². The normalized spacial score (nSPS) is 12.5. The van der Waals surface area contributed by atoms with Crippen LogP contribution in [0.1, 0.15) is 16.8 Å². The minimum Gasteiger partial charge on any atom is -0.493 e. The van der Waals surface area contributed by atoms with E-state index in [0.29, 0.717) is 48.0 Å². The largest absolute Gasteiger partial charge is 0.493 e. The Balaban J connectivity index is 1.51. The number of halogens is 1. The monoisotopic (exact) mass is 419 g/mol. The summed E-state index contributed by atoms with van der Waals surface area (Å²) in [5.74, 6) is 0.844. The first-order valence-corrected chi connectivity index (χ1v) is 9.76. The lowest BCUT2D eigenvalue weighted by molar-refractivity contribution is 0.269. The Hall–Kier alpha value is -3.97. The van der Waals surface area contributed by atoms with E-state index < -0.39 is 0 Å². The van der Waals surface area contributed by atoms with E-state index in [2.05, 4.69) is 20.4 Å². The molecule has 5 rings (SSSR count). The number of imidazole rings is 1. The van der Waals surface area contributed by atoms with Gasteiger partial charge in [0.25, 0.3) is 0 Å². The van der Waals surface area contributed by atoms with Gasteiger partial charge in [-0.3, -0.25) is 9.08 Å². The summed E-state index contributed by atoms with van der Waals surface area (Å²) in [5, 5.41) is 25.8. The van der Waals surface area contributed by atoms with Crippen LogP contribution in [0.15, 0.2) is 36.9 Å². The topological polar surface area (TPSA) is 113 Å². The number of hydrogen-bond acceptors (Lipinski definition) is 7. The Morgan fingerprint density at radius 2 is 2.19 bits per heavy atom. The zero-order valence-electron chi connectivity index (χ0n) is 16.4. The number of aliphatic hydroxyl groups excluding tert-OH is 1. The summed E-state index contributed by atoms with van der Waals surface area (Å²) in [7, 11) is 0. The fraction of sp³-hybridized carbons (Fsp3) is 0.238. The summed E-state index contributed by atoms with van der Waals surface area (Å²) >= 11 is 0. The molecule has 156 valence electrons. The third kappa shape index (κ3) is 3.35. The maximum atomic E-state index is 14.5. The van der Waals surface area contributed by atoms with E-state index in [9.17, 15) is 9.65 Å². The number of ether oxygens (including phenoxy) is 1. The van der Waals surface area contributed by atoms with Crippen molar-refractivity contribution < 1.29 is 14.2 Å². The van der Waals surface area contributed by atoms with Gasteiger partial charge in [0.05, 0.1) is 32.2 Å². The van der Waals surface area contributed by atoms with E-state index in [1.54, 1.807) is 39.9 Å². The van der Waals surface area contributed by atoms with Crippen molar-refractivity contribution in [1.82, 2.24) is 24.1 Å². The molecule has 0 fully saturated rings. The van der Waals surface area contributed by atoms with E-state index in [-0.39, 0.29) is 24.7 Å². The molecule has 4 aromatic rings. The van der Waals surface area contributed by atoms with Crippen molar-refractivity contribution >= 4 is 11.6 Å². The van der Waals surface area contributed by atoms with E-state index >= 15 is 0 Å². The van der Waals surface area contributed by atoms with Crippen LogP contribution < -0.4 is 10.1 Å². The molecule has 0 atom stereocenters. The van der Waals surface area contributed by atoms with Gasteiger partial charge in [-0.05, 0) is 12.1 Å². The summed E-state index contributed by atoms with van der Waals surface area (Å²) in [6, 6.07) is 5.10. The molecule has 0 radical (unpaired) electrons. The first-order valence-electron chi connectivity index (χ1n) is 9.76. The van der Waals surface area contributed by atoms with Crippen LogP contribution in [0.25, 0.3) is 16.8 Å². The molecule has 10 heteroatoms. The lowest BCUT2D eigenvalue weighted by Crippen LogP contribution is -2.09. The molecule has 0 amide bonds. The van der Waals surface area contributed by atoms with Crippen molar-refractivity contribution in [3.8, 4) is 22.9 Å². The van der Waals surface area contributed by atoms with E-state index in [1.165, 1.54) is 6.07 Å². The molecule has 1 aliphatic heterocycles. The molecule has 0 saturated carbocycles. The first-order chi connectivity index (χ1) is 15.2. The Morgan fingerprint density at radius 3 is 3.03 bits per heavy atom. The van der Waals surface area contributed by atoms with Crippen LogP contribution in [-0.4, -0.2) is 42.5 Å². The van der Waals surface area contributed by atoms with Gasteiger partial charge >= 0.3 is 0 Å². The van der Waals surface area contributed by atoms with Crippen LogP contribution in [0.2, 0.25) is 0 Å². The van der Waals surface area contributed by atoms with Gasteiger partial charge in [0.1, 0.15) is 17.6 Å². The number of hydrogen-bond donors (Lipinski definition) is 2. The third-order valence-electron chi connectivity index (χ3n) is 5.24. The standard InChI is InChI=1S/C21H18FN7O2/c22-18-1-2-19-15(3-6-31-19)17(18)10-25-21-24-9-16(13-8-26-28(11-13)4-5-30)20-27-14(7-23)12-29(20)21/h1-2,8-9,11-12,30H,3-6,10H2,(H,24,25). The molecule has 0 saturated heterocycles. The Morgan fingerprint density at radius 1 is 1.29 bits per heavy atom. The number of benzene rings is 1. The summed E-state index contributed by atoms with van der Waals surface area (Å²) in [6.07, 6.45) is 7.32. The van der Waals surface area contributed by atoms with E-state index in [1.807, 2.05) is 6.07 Å². The molecule has 1 aliphatic rings. The van der Waals surface area contributed by atoms with Gasteiger partial charge in [0.15, 0.2) is 11.3 Å². The average Bonchev–Trinajstić information content (AvgIpc) is 3.52. The van der Waals surface area contributed by atoms with Crippen LogP contribution in [-0.2, 0) is 19.5 Å². The third-order valence-corrected chi connectivity index (χ3v) is 5.24. The summed E-state index contributed by atoms with van der Waals surface area (Å²) in [6.45, 7) is 1.11. The van der Waals surface area contributed by atoms with Gasteiger partial charge in [-0.2, -0.15) is 10.4 Å². The average molecular weight is 419 g/mol. The zero-order chi connectivity index (χ0) is 21.4. The molecule has 0 spiro atoms. The van der Waals surface area contributed by atoms with Crippen molar-refractivity contribution in [2.45, 2.75) is 19.5 Å². The number of aromatic nitrogens is 5. The first kappa shape index (κ1) is 19.0. The second-order valence-electron chi connectivity index (χ2n) is 7.10. The number of nitriles is 1. The van der Waals surface area contributed by atoms with Crippen LogP contribution in [0, 0.1) is 17.1 Å². The molecular formula is C21H18FN7O2. The molecule has 31 heavy (non-hydrogen) atoms. The number of nitrogens with zero attached hydrogens (tertiary/aromatic N) is 6. The van der Waals surface area contributed by atoms with Crippen LogP contribution in [0.3, 0.4) is 0 Å². The number of rotatable bonds is 6. The highest BCUT2D eigenvalue weighted by atomic mass is 19.1. The van der Waals surface area contributed by atoms with Crippen LogP contribution in [0.5, 0.6) is 5.75 Å². The summed E-state index contributed by atoms with van der Waals surface area (Å²) < 4.78 is 23.3. The van der Waals surface area contributed by atoms with Gasteiger partial charge < -0.3 is 15.2 Å². The smallest absolute Gasteiger partial charge is 0.208 e. The minimum absolute atomic E-state index is 0.0234. The fourth-order valence-electron chi connectivity index (χ4n) is 3.77. The molecule has 3 aromatic heterocycles. The van der Waals surface area contributed by atoms with Gasteiger partial charge in [-0.25, -0.2) is 14.4 Å². The molecule has 9 nitrogen and oxygen atoms in total. The summed E-state index contributed by atoms with van der Waals surface area (Å²) in [5.41, 5.74) is 3.62. The van der Waals surface area contributed by atoms with Crippen molar-refractivity contribution in [3.05, 3.63) is 59.6 Å². The van der Waals surface area contributed by atoms with Crippen molar-refractivity contribution in [1.29, 1.82) is 5.26 Å². The van der Waals surface area contributed by atoms with Crippen molar-refractivity contribution in [2.24, 2.45) is 0 Å². The number of anilines is 1. The van der Waals surface area contributed by atoms with Gasteiger partial charge in [-0.1, -0.05) is 0 Å². The molecule has 2 N–H and O–H groups in total. The number of nitrogens with one attached hydrogen (secondary N) is 1. The number of fused-ring (bicyclic) bond motifs is 2. The highest BCUT2D eigenvalue weighted by Gasteiger charge is 2.20. The number of aliphatic hydroxyl groups is 1. The molecule has 4 heterocycles. The second-order valence-corrected chi connectivity index (χ2v) is 7.10. The van der Waals surface area contributed by atoms with Crippen molar-refractivity contribution in [2.75, 3.05) is 18.5 Å². The van der Waals surface area contributed by atoms with Crippen molar-refractivity contribution in [3.63, 3.8) is 0 Å². The van der Waals surface area contributed by atoms with Gasteiger partial charge in [0.2, 0.25) is 5.95 Å². The minimum atomic E-state index is -0.302. The highest BCUT2D eigenvalue weighted by Crippen LogP contribution is 2.31. The lowest BCUT2D eigenvalue weighted by atomic mass is 10.0. The van der Waals surface area contributed by atoms with E-state index in [0.717, 1.165) is 11.1 Å². The predicted molar refractivity (Wildman–Crippen MR) is 109 cm³/mol. The zero-order valence-corrected chi connectivity index (χ0v) is 16.4. The maximum Gasteiger partial charge on any atom is 0.208 e. The van der Waals surface area contributed by atoms with Crippen LogP contribution >= 0.6 is 0 Å². The maximum absolute atomic E-state index is 14.5. The Kier molecular flexibility index (Phi) is 4.72. The lowest BCUT2D eigenvalue weighted by Gasteiger charge is -2.12. The molecule has 1 aromatic carbocycles. The quantitative estimate of drug-likeness (QED) is 0.492. The Bertz CT molecular complexity index is 1320. The fourth-order valence-corrected chi connectivity index (χ4v) is 3.77. The Labute approximate surface area is 176 Å². The molecular weight excluding hydrogens is 401 g/mol. The van der Waals surface area contributed by atoms with Crippen LogP contribution in [0.4, 0.5) is 10.3 Å². The summed E-state index contributed by atoms with van der Waals surface area (Å²) in [4.78, 5) is 8.88. The second kappa shape index (κ2) is 7.70. The predicted octanol–water partition coefficient (Wildman–Crippen LogP) is 2.14. The molecule has 0 unspecified atom stereocenters. The van der Waals surface area contributed by atoms with Gasteiger partial charge in [0, 0.05) is 47.6 Å². The SMILES string of the molecule is N#Cc1cn2c(NCc3c(F)ccc4c3CCO4)ncc(-c3cnn(CCO)c3)c2n1. The molecule has 0 aliphatic carbocycles. The van der Waals surface area contributed by atoms with E-state index in [4.69, 9.17) is 9.84 Å². The highest BCUT2D eigenvalue weighted by molar-refractivity contribution is 5.77. The molecule has 0 bridgehead atoms.